The zero-order chi connectivity index (χ0) is 19.5. The molecule has 1 saturated heterocycles. The van der Waals surface area contributed by atoms with Gasteiger partial charge in [-0.25, -0.2) is 4.39 Å². The average Bonchev–Trinajstić information content (AvgIpc) is 2.74. The number of carbonyl (C=O) groups excluding carboxylic acids is 1. The van der Waals surface area contributed by atoms with E-state index in [4.69, 9.17) is 0 Å². The van der Waals surface area contributed by atoms with Gasteiger partial charge in [-0.3, -0.25) is 9.78 Å². The number of amides is 1. The fraction of sp³-hybridized carbons (Fsp3) is 0.304. The van der Waals surface area contributed by atoms with Crippen molar-refractivity contribution in [2.45, 2.75) is 31.8 Å². The molecule has 0 saturated carbocycles. The molecule has 0 bridgehead atoms. The van der Waals surface area contributed by atoms with Gasteiger partial charge in [-0.15, -0.1) is 0 Å². The molecule has 1 amide bonds. The average molecular weight is 377 g/mol. The number of halogens is 1. The van der Waals surface area contributed by atoms with E-state index in [1.54, 1.807) is 23.1 Å². The Balaban J connectivity index is 1.36. The second-order valence-electron chi connectivity index (χ2n) is 7.40. The number of aromatic nitrogens is 1. The van der Waals surface area contributed by atoms with Gasteiger partial charge in [0.15, 0.2) is 0 Å². The molecule has 5 heteroatoms. The number of nitrogens with one attached hydrogen (secondary N) is 1. The van der Waals surface area contributed by atoms with Crippen LogP contribution in [0.2, 0.25) is 0 Å². The number of nitrogens with zero attached hydrogens (tertiary/aromatic N) is 2. The molecule has 1 N–H and O–H groups in total. The van der Waals surface area contributed by atoms with Crippen LogP contribution in [0.1, 0.15) is 41.7 Å². The van der Waals surface area contributed by atoms with E-state index >= 15 is 0 Å². The number of hydrogen-bond acceptors (Lipinski definition) is 3. The van der Waals surface area contributed by atoms with E-state index in [1.807, 2.05) is 24.4 Å². The predicted molar refractivity (Wildman–Crippen MR) is 109 cm³/mol. The maximum Gasteiger partial charge on any atom is 0.256 e. The minimum Gasteiger partial charge on any atom is -0.338 e. The van der Waals surface area contributed by atoms with E-state index in [-0.39, 0.29) is 17.5 Å². The Bertz CT molecular complexity index is 982. The van der Waals surface area contributed by atoms with E-state index in [2.05, 4.69) is 29.4 Å². The predicted octanol–water partition coefficient (Wildman–Crippen LogP) is 4.33. The van der Waals surface area contributed by atoms with Crippen LogP contribution in [0, 0.1) is 5.82 Å². The van der Waals surface area contributed by atoms with Crippen LogP contribution in [-0.2, 0) is 0 Å². The fourth-order valence-electron chi connectivity index (χ4n) is 3.83. The first-order valence-corrected chi connectivity index (χ1v) is 9.76. The highest BCUT2D eigenvalue weighted by Crippen LogP contribution is 2.21. The first-order chi connectivity index (χ1) is 13.6. The molecule has 1 unspecified atom stereocenters. The van der Waals surface area contributed by atoms with Crippen molar-refractivity contribution in [3.05, 3.63) is 77.7 Å². The molecule has 1 atom stereocenters. The molecule has 4 nitrogen and oxygen atoms in total. The molecule has 0 radical (unpaired) electrons. The Hall–Kier alpha value is -2.79. The minimum absolute atomic E-state index is 0.157. The van der Waals surface area contributed by atoms with Crippen molar-refractivity contribution in [1.29, 1.82) is 0 Å². The van der Waals surface area contributed by atoms with Crippen LogP contribution in [0.4, 0.5) is 4.39 Å². The SMILES string of the molecule is CC(NC1CCN(C(=O)c2ccccc2F)CC1)c1cnc2ccccc2c1. The van der Waals surface area contributed by atoms with Crippen LogP contribution in [0.5, 0.6) is 0 Å². The normalized spacial score (nSPS) is 16.3. The van der Waals surface area contributed by atoms with Gasteiger partial charge in [-0.05, 0) is 49.6 Å². The van der Waals surface area contributed by atoms with Gasteiger partial charge in [0.25, 0.3) is 5.91 Å². The third kappa shape index (κ3) is 3.90. The fourth-order valence-corrected chi connectivity index (χ4v) is 3.83. The number of rotatable bonds is 4. The lowest BCUT2D eigenvalue weighted by atomic mass is 10.0. The van der Waals surface area contributed by atoms with Gasteiger partial charge < -0.3 is 10.2 Å². The molecule has 0 spiro atoms. The van der Waals surface area contributed by atoms with Crippen molar-refractivity contribution in [1.82, 2.24) is 15.2 Å². The molecule has 0 aliphatic carbocycles. The molecule has 28 heavy (non-hydrogen) atoms. The number of para-hydroxylation sites is 1. The maximum absolute atomic E-state index is 13.9. The first kappa shape index (κ1) is 18.6. The van der Waals surface area contributed by atoms with Crippen molar-refractivity contribution in [2.75, 3.05) is 13.1 Å². The highest BCUT2D eigenvalue weighted by atomic mass is 19.1. The number of pyridine rings is 1. The molecule has 2 aromatic carbocycles. The summed E-state index contributed by atoms with van der Waals surface area (Å²) < 4.78 is 13.9. The molecule has 1 aromatic heterocycles. The van der Waals surface area contributed by atoms with E-state index in [0.29, 0.717) is 19.1 Å². The molecule has 1 aliphatic heterocycles. The topological polar surface area (TPSA) is 45.2 Å². The van der Waals surface area contributed by atoms with Gasteiger partial charge in [-0.2, -0.15) is 0 Å². The Kier molecular flexibility index (Phi) is 5.35. The number of hydrogen-bond donors (Lipinski definition) is 1. The van der Waals surface area contributed by atoms with Crippen LogP contribution < -0.4 is 5.32 Å². The largest absolute Gasteiger partial charge is 0.338 e. The van der Waals surface area contributed by atoms with Crippen LogP contribution >= 0.6 is 0 Å². The summed E-state index contributed by atoms with van der Waals surface area (Å²) in [6, 6.07) is 17.0. The number of likely N-dealkylation sites (tertiary alicyclic amines) is 1. The molecule has 144 valence electrons. The van der Waals surface area contributed by atoms with Gasteiger partial charge in [-0.1, -0.05) is 30.3 Å². The summed E-state index contributed by atoms with van der Waals surface area (Å²) in [5.41, 5.74) is 2.31. The van der Waals surface area contributed by atoms with E-state index in [9.17, 15) is 9.18 Å². The summed E-state index contributed by atoms with van der Waals surface area (Å²) in [6.45, 7) is 3.41. The summed E-state index contributed by atoms with van der Waals surface area (Å²) in [5, 5.41) is 4.80. The second-order valence-corrected chi connectivity index (χ2v) is 7.40. The first-order valence-electron chi connectivity index (χ1n) is 9.76. The number of fused-ring (bicyclic) bond motifs is 1. The Morgan fingerprint density at radius 3 is 2.64 bits per heavy atom. The van der Waals surface area contributed by atoms with E-state index in [1.165, 1.54) is 6.07 Å². The van der Waals surface area contributed by atoms with Gasteiger partial charge in [0.2, 0.25) is 0 Å². The summed E-state index contributed by atoms with van der Waals surface area (Å²) in [5.74, 6) is -0.673. The van der Waals surface area contributed by atoms with Crippen LogP contribution in [-0.4, -0.2) is 34.9 Å². The zero-order valence-electron chi connectivity index (χ0n) is 15.9. The smallest absolute Gasteiger partial charge is 0.256 e. The monoisotopic (exact) mass is 377 g/mol. The molecule has 2 heterocycles. The third-order valence-electron chi connectivity index (χ3n) is 5.48. The van der Waals surface area contributed by atoms with Crippen molar-refractivity contribution in [3.63, 3.8) is 0 Å². The molecular weight excluding hydrogens is 353 g/mol. The lowest BCUT2D eigenvalue weighted by Crippen LogP contribution is -2.45. The van der Waals surface area contributed by atoms with Crippen molar-refractivity contribution in [2.24, 2.45) is 0 Å². The van der Waals surface area contributed by atoms with Crippen LogP contribution in [0.25, 0.3) is 10.9 Å². The van der Waals surface area contributed by atoms with Gasteiger partial charge in [0, 0.05) is 36.8 Å². The van der Waals surface area contributed by atoms with E-state index in [0.717, 1.165) is 29.3 Å². The lowest BCUT2D eigenvalue weighted by molar-refractivity contribution is 0.0697. The third-order valence-corrected chi connectivity index (χ3v) is 5.48. The van der Waals surface area contributed by atoms with Crippen molar-refractivity contribution < 1.29 is 9.18 Å². The van der Waals surface area contributed by atoms with Gasteiger partial charge in [0.1, 0.15) is 5.82 Å². The summed E-state index contributed by atoms with van der Waals surface area (Å²) in [7, 11) is 0. The van der Waals surface area contributed by atoms with Gasteiger partial charge in [0.05, 0.1) is 11.1 Å². The Morgan fingerprint density at radius 2 is 1.86 bits per heavy atom. The highest BCUT2D eigenvalue weighted by Gasteiger charge is 2.26. The molecule has 1 aliphatic rings. The van der Waals surface area contributed by atoms with Crippen molar-refractivity contribution in [3.8, 4) is 0 Å². The number of benzene rings is 2. The molecular formula is C23H24FN3O. The molecule has 1 fully saturated rings. The lowest BCUT2D eigenvalue weighted by Gasteiger charge is -2.34. The maximum atomic E-state index is 13.9. The summed E-state index contributed by atoms with van der Waals surface area (Å²) >= 11 is 0. The van der Waals surface area contributed by atoms with Crippen LogP contribution in [0.15, 0.2) is 60.8 Å². The number of carbonyl (C=O) groups is 1. The standard InChI is InChI=1S/C23H24FN3O/c1-16(18-14-17-6-2-5-9-22(17)25-15-18)26-19-10-12-27(13-11-19)23(28)20-7-3-4-8-21(20)24/h2-9,14-16,19,26H,10-13H2,1H3. The quantitative estimate of drug-likeness (QED) is 0.736. The Morgan fingerprint density at radius 1 is 1.14 bits per heavy atom. The summed E-state index contributed by atoms with van der Waals surface area (Å²) in [4.78, 5) is 18.8. The highest BCUT2D eigenvalue weighted by molar-refractivity contribution is 5.94. The summed E-state index contributed by atoms with van der Waals surface area (Å²) in [6.07, 6.45) is 3.63. The number of piperidine rings is 1. The van der Waals surface area contributed by atoms with Crippen molar-refractivity contribution >= 4 is 16.8 Å². The van der Waals surface area contributed by atoms with E-state index < -0.39 is 5.82 Å². The molecule has 3 aromatic rings. The molecule has 4 rings (SSSR count). The zero-order valence-corrected chi connectivity index (χ0v) is 15.9. The second kappa shape index (κ2) is 8.07. The Labute approximate surface area is 164 Å². The van der Waals surface area contributed by atoms with Gasteiger partial charge >= 0.3 is 0 Å². The minimum atomic E-state index is -0.454. The van der Waals surface area contributed by atoms with Crippen LogP contribution in [0.3, 0.4) is 0 Å².